The number of likely N-dealkylation sites (N-methyl/N-ethyl adjacent to an activating group) is 1. The van der Waals surface area contributed by atoms with Gasteiger partial charge in [-0.25, -0.2) is 0 Å². The number of fused-ring (bicyclic) bond motifs is 3. The number of aliphatic hydroxyl groups is 1. The van der Waals surface area contributed by atoms with Crippen molar-refractivity contribution >= 4 is 34.7 Å². The maximum Gasteiger partial charge on any atom is 0.389 e. The van der Waals surface area contributed by atoms with Gasteiger partial charge in [-0.15, -0.1) is 0 Å². The molecule has 2 saturated carbocycles. The highest BCUT2D eigenvalue weighted by atomic mass is 19.4. The van der Waals surface area contributed by atoms with Crippen LogP contribution in [-0.4, -0.2) is 114 Å². The average Bonchev–Trinajstić information content (AvgIpc) is 2.94. The predicted molar refractivity (Wildman–Crippen MR) is 162 cm³/mol. The van der Waals surface area contributed by atoms with E-state index in [1.807, 2.05) is 0 Å². The molecule has 17 heteroatoms. The molecule has 0 heterocycles. The van der Waals surface area contributed by atoms with Crippen molar-refractivity contribution in [1.29, 1.82) is 0 Å². The zero-order valence-corrected chi connectivity index (χ0v) is 27.5. The fraction of sp³-hybridized carbons (Fsp3) is 0.656. The fourth-order valence-electron chi connectivity index (χ4n) is 7.74. The predicted octanol–water partition coefficient (Wildman–Crippen LogP) is 2.42. The highest BCUT2D eigenvalue weighted by Crippen LogP contribution is 2.52. The van der Waals surface area contributed by atoms with E-state index in [-0.39, 0.29) is 43.6 Å². The Balaban J connectivity index is 1.76. The molecule has 49 heavy (non-hydrogen) atoms. The van der Waals surface area contributed by atoms with Crippen molar-refractivity contribution in [3.05, 3.63) is 22.8 Å². The van der Waals surface area contributed by atoms with Crippen LogP contribution in [-0.2, 0) is 32.1 Å². The summed E-state index contributed by atoms with van der Waals surface area (Å²) in [6, 6.07) is 0.211. The van der Waals surface area contributed by atoms with Crippen LogP contribution in [0.3, 0.4) is 0 Å². The van der Waals surface area contributed by atoms with E-state index in [0.717, 1.165) is 0 Å². The first-order valence-corrected chi connectivity index (χ1v) is 15.8. The largest absolute Gasteiger partial charge is 0.507 e. The Labute approximate surface area is 278 Å². The van der Waals surface area contributed by atoms with E-state index in [2.05, 4.69) is 0 Å². The first-order valence-electron chi connectivity index (χ1n) is 15.8. The second-order valence-corrected chi connectivity index (χ2v) is 13.7. The summed E-state index contributed by atoms with van der Waals surface area (Å²) in [6.45, 7) is -0.875. The number of amides is 1. The zero-order chi connectivity index (χ0) is 37.0. The van der Waals surface area contributed by atoms with E-state index in [9.17, 15) is 60.5 Å². The minimum absolute atomic E-state index is 0.00826. The lowest BCUT2D eigenvalue weighted by molar-refractivity contribution is -0.181. The molecule has 1 aromatic carbocycles. The number of Topliss-reactive ketones (excluding diaryl/α,β-unsaturated/α-hetero) is 4. The lowest BCUT2D eigenvalue weighted by atomic mass is 9.52. The van der Waals surface area contributed by atoms with Gasteiger partial charge < -0.3 is 20.8 Å². The van der Waals surface area contributed by atoms with Crippen LogP contribution < -0.4 is 10.6 Å². The number of rotatable bonds is 11. The molecule has 1 amide bonds. The molecule has 0 bridgehead atoms. The van der Waals surface area contributed by atoms with E-state index in [1.54, 1.807) is 19.0 Å². The van der Waals surface area contributed by atoms with Crippen molar-refractivity contribution in [2.75, 3.05) is 46.2 Å². The SMILES string of the molecule is CN(C)c1cc(CN(CCCC(F)(F)F)CCCC(F)(F)F)c(O)c2c1C[C@H]1C[C@H]3[C@H](N(C)C)C(=O)C(C(N)=O)C(=O)[C@@]3(O)C(=O)C1C2=O. The Morgan fingerprint density at radius 1 is 0.959 bits per heavy atom. The standard InChI is InChI=1S/C32H40F6N4O7/c1-40(2)19-13-16(14-42(9-5-7-30(33,34)35)10-6-8-31(36,37)38)24(43)21-17(19)11-15-12-18-23(41(3)4)26(45)22(29(39)48)28(47)32(18,49)27(46)20(15)25(21)44/h13,15,18,20,22-23,43,49H,5-12,14H2,1-4H3,(H2,39,48)/t15-,18-,20?,22?,23-,32-/m0/s1. The summed E-state index contributed by atoms with van der Waals surface area (Å²) in [4.78, 5) is 71.6. The minimum Gasteiger partial charge on any atom is -0.507 e. The number of primary amides is 1. The van der Waals surface area contributed by atoms with Crippen LogP contribution in [0.1, 0.15) is 53.6 Å². The Bertz CT molecular complexity index is 1510. The van der Waals surface area contributed by atoms with Gasteiger partial charge in [-0.2, -0.15) is 26.3 Å². The highest BCUT2D eigenvalue weighted by molar-refractivity contribution is 6.32. The van der Waals surface area contributed by atoms with Crippen LogP contribution in [0.2, 0.25) is 0 Å². The summed E-state index contributed by atoms with van der Waals surface area (Å²) >= 11 is 0. The summed E-state index contributed by atoms with van der Waals surface area (Å²) in [5, 5.41) is 23.3. The third kappa shape index (κ3) is 7.33. The molecule has 0 aromatic heterocycles. The second-order valence-electron chi connectivity index (χ2n) is 13.7. The minimum atomic E-state index is -4.50. The van der Waals surface area contributed by atoms with Gasteiger partial charge in [-0.05, 0) is 70.4 Å². The van der Waals surface area contributed by atoms with Crippen LogP contribution in [0.15, 0.2) is 6.07 Å². The van der Waals surface area contributed by atoms with Crippen molar-refractivity contribution in [1.82, 2.24) is 9.80 Å². The van der Waals surface area contributed by atoms with Crippen molar-refractivity contribution in [3.63, 3.8) is 0 Å². The molecule has 1 aromatic rings. The van der Waals surface area contributed by atoms with Crippen LogP contribution in [0.5, 0.6) is 5.75 Å². The molecule has 272 valence electrons. The van der Waals surface area contributed by atoms with Crippen molar-refractivity contribution in [3.8, 4) is 5.75 Å². The third-order valence-corrected chi connectivity index (χ3v) is 9.86. The smallest absolute Gasteiger partial charge is 0.389 e. The molecule has 0 radical (unpaired) electrons. The van der Waals surface area contributed by atoms with Gasteiger partial charge in [0.05, 0.1) is 17.5 Å². The lowest BCUT2D eigenvalue weighted by Gasteiger charge is -2.52. The van der Waals surface area contributed by atoms with E-state index >= 15 is 0 Å². The number of alkyl halides is 6. The Morgan fingerprint density at radius 2 is 1.51 bits per heavy atom. The fourth-order valence-corrected chi connectivity index (χ4v) is 7.74. The number of phenolic OH excluding ortho intramolecular Hbond substituents is 1. The second kappa shape index (κ2) is 13.6. The molecule has 2 fully saturated rings. The van der Waals surface area contributed by atoms with Crippen LogP contribution in [0.25, 0.3) is 0 Å². The quantitative estimate of drug-likeness (QED) is 0.230. The first-order chi connectivity index (χ1) is 22.5. The van der Waals surface area contributed by atoms with Gasteiger partial charge in [0.25, 0.3) is 0 Å². The van der Waals surface area contributed by atoms with Gasteiger partial charge in [-0.3, -0.25) is 33.8 Å². The molecule has 0 saturated heterocycles. The Kier molecular flexibility index (Phi) is 10.6. The average molecular weight is 707 g/mol. The molecule has 0 spiro atoms. The summed E-state index contributed by atoms with van der Waals surface area (Å²) in [5.74, 6) is -12.5. The molecule has 11 nitrogen and oxygen atoms in total. The van der Waals surface area contributed by atoms with Crippen LogP contribution in [0.4, 0.5) is 32.0 Å². The monoisotopic (exact) mass is 706 g/mol. The molecule has 4 N–H and O–H groups in total. The highest BCUT2D eigenvalue weighted by Gasteiger charge is 2.69. The molecule has 6 atom stereocenters. The summed E-state index contributed by atoms with van der Waals surface area (Å²) in [7, 11) is 6.17. The summed E-state index contributed by atoms with van der Waals surface area (Å²) in [5.41, 5.74) is 2.80. The van der Waals surface area contributed by atoms with Crippen molar-refractivity contribution in [2.24, 2.45) is 29.4 Å². The number of nitrogens with zero attached hydrogens (tertiary/aromatic N) is 3. The van der Waals surface area contributed by atoms with Gasteiger partial charge in [0.2, 0.25) is 5.91 Å². The number of carbonyl (C=O) groups is 5. The molecule has 4 rings (SSSR count). The van der Waals surface area contributed by atoms with Gasteiger partial charge >= 0.3 is 12.4 Å². The molecule has 2 unspecified atom stereocenters. The van der Waals surface area contributed by atoms with Gasteiger partial charge in [0.15, 0.2) is 34.7 Å². The first kappa shape index (κ1) is 38.2. The van der Waals surface area contributed by atoms with E-state index in [0.29, 0.717) is 11.3 Å². The molecule has 0 aliphatic heterocycles. The summed E-state index contributed by atoms with van der Waals surface area (Å²) < 4.78 is 77.3. The number of aromatic hydroxyl groups is 1. The number of halogens is 6. The van der Waals surface area contributed by atoms with Crippen molar-refractivity contribution in [2.45, 2.75) is 69.1 Å². The number of carbonyl (C=O) groups excluding carboxylic acids is 5. The normalized spacial score (nSPS) is 27.3. The lowest BCUT2D eigenvalue weighted by Crippen LogP contribution is -2.74. The zero-order valence-electron chi connectivity index (χ0n) is 27.5. The van der Waals surface area contributed by atoms with Crippen LogP contribution in [0, 0.1) is 23.7 Å². The van der Waals surface area contributed by atoms with E-state index in [4.69, 9.17) is 5.73 Å². The topological polar surface area (TPSA) is 162 Å². The molecule has 3 aliphatic rings. The number of hydrogen-bond donors (Lipinski definition) is 3. The molecular formula is C32H40F6N4O7. The number of ketones is 4. The Morgan fingerprint density at radius 3 is 1.98 bits per heavy atom. The maximum atomic E-state index is 14.2. The molecular weight excluding hydrogens is 666 g/mol. The van der Waals surface area contributed by atoms with E-state index < -0.39 is 108 Å². The number of anilines is 1. The number of benzene rings is 1. The van der Waals surface area contributed by atoms with E-state index in [1.165, 1.54) is 30.0 Å². The Hall–Kier alpha value is -3.57. The number of hydrogen-bond acceptors (Lipinski definition) is 10. The number of phenols is 1. The van der Waals surface area contributed by atoms with Gasteiger partial charge in [-0.1, -0.05) is 0 Å². The maximum absolute atomic E-state index is 14.2. The van der Waals surface area contributed by atoms with Gasteiger partial charge in [0, 0.05) is 50.7 Å². The van der Waals surface area contributed by atoms with Gasteiger partial charge in [0.1, 0.15) is 5.75 Å². The van der Waals surface area contributed by atoms with Crippen molar-refractivity contribution < 1.29 is 60.5 Å². The summed E-state index contributed by atoms with van der Waals surface area (Å²) in [6.07, 6.45) is -12.4. The molecule has 3 aliphatic carbocycles. The van der Waals surface area contributed by atoms with Crippen LogP contribution >= 0.6 is 0 Å². The number of nitrogens with two attached hydrogens (primary N) is 1. The third-order valence-electron chi connectivity index (χ3n) is 9.86.